The maximum absolute atomic E-state index is 13.8. The fraction of sp³-hybridized carbons (Fsp3) is 0.250. The van der Waals surface area contributed by atoms with E-state index in [1.165, 1.54) is 31.2 Å². The molecule has 0 bridgehead atoms. The smallest absolute Gasteiger partial charge is 0.128 e. The predicted octanol–water partition coefficient (Wildman–Crippen LogP) is 4.26. The van der Waals surface area contributed by atoms with E-state index < -0.39 is 11.6 Å². The number of rotatable bonds is 4. The quantitative estimate of drug-likeness (QED) is 0.881. The molecule has 0 aliphatic heterocycles. The van der Waals surface area contributed by atoms with Gasteiger partial charge >= 0.3 is 0 Å². The lowest BCUT2D eigenvalue weighted by Crippen LogP contribution is -2.19. The van der Waals surface area contributed by atoms with Crippen LogP contribution < -0.4 is 5.32 Å². The van der Waals surface area contributed by atoms with Gasteiger partial charge in [0, 0.05) is 18.2 Å². The summed E-state index contributed by atoms with van der Waals surface area (Å²) in [5, 5.41) is 3.06. The van der Waals surface area contributed by atoms with E-state index in [0.717, 1.165) is 5.56 Å². The van der Waals surface area contributed by atoms with Crippen molar-refractivity contribution in [2.75, 3.05) is 0 Å². The third kappa shape index (κ3) is 3.39. The minimum Gasteiger partial charge on any atom is -0.306 e. The molecule has 0 aliphatic carbocycles. The van der Waals surface area contributed by atoms with Crippen LogP contribution in [0.3, 0.4) is 0 Å². The fourth-order valence-electron chi connectivity index (χ4n) is 2.02. The second kappa shape index (κ2) is 6.09. The maximum atomic E-state index is 13.8. The van der Waals surface area contributed by atoms with Crippen molar-refractivity contribution < 1.29 is 13.2 Å². The molecule has 0 fully saturated rings. The molecule has 1 atom stereocenters. The topological polar surface area (TPSA) is 12.0 Å². The number of halogens is 3. The lowest BCUT2D eigenvalue weighted by atomic mass is 10.0. The van der Waals surface area contributed by atoms with E-state index in [-0.39, 0.29) is 23.0 Å². The Balaban J connectivity index is 2.09. The van der Waals surface area contributed by atoms with Crippen LogP contribution in [0.4, 0.5) is 13.2 Å². The van der Waals surface area contributed by atoms with E-state index in [9.17, 15) is 13.2 Å². The molecule has 4 heteroatoms. The molecule has 20 heavy (non-hydrogen) atoms. The largest absolute Gasteiger partial charge is 0.306 e. The predicted molar refractivity (Wildman–Crippen MR) is 72.7 cm³/mol. The highest BCUT2D eigenvalue weighted by atomic mass is 19.1. The summed E-state index contributed by atoms with van der Waals surface area (Å²) in [5.41, 5.74) is 1.30. The number of hydrogen-bond acceptors (Lipinski definition) is 1. The first-order chi connectivity index (χ1) is 9.47. The van der Waals surface area contributed by atoms with Gasteiger partial charge < -0.3 is 5.32 Å². The van der Waals surface area contributed by atoms with Gasteiger partial charge in [0.05, 0.1) is 0 Å². The number of hydrogen-bond donors (Lipinski definition) is 1. The Morgan fingerprint density at radius 2 is 1.80 bits per heavy atom. The number of benzene rings is 2. The summed E-state index contributed by atoms with van der Waals surface area (Å²) >= 11 is 0. The Labute approximate surface area is 116 Å². The minimum absolute atomic E-state index is 0.268. The molecule has 0 amide bonds. The van der Waals surface area contributed by atoms with Crippen LogP contribution in [0.25, 0.3) is 0 Å². The molecule has 106 valence electrons. The molecule has 2 aromatic carbocycles. The van der Waals surface area contributed by atoms with Crippen LogP contribution in [0.5, 0.6) is 0 Å². The van der Waals surface area contributed by atoms with Crippen LogP contribution >= 0.6 is 0 Å². The van der Waals surface area contributed by atoms with Crippen molar-refractivity contribution in [3.8, 4) is 0 Å². The minimum atomic E-state index is -0.442. The molecule has 0 saturated heterocycles. The third-order valence-electron chi connectivity index (χ3n) is 3.25. The van der Waals surface area contributed by atoms with Gasteiger partial charge in [0.25, 0.3) is 0 Å². The first-order valence-electron chi connectivity index (χ1n) is 6.40. The van der Waals surface area contributed by atoms with Crippen molar-refractivity contribution in [3.05, 3.63) is 70.5 Å². The van der Waals surface area contributed by atoms with E-state index in [4.69, 9.17) is 0 Å². The van der Waals surface area contributed by atoms with Gasteiger partial charge in [-0.15, -0.1) is 0 Å². The summed E-state index contributed by atoms with van der Waals surface area (Å²) in [7, 11) is 0. The van der Waals surface area contributed by atoms with Crippen molar-refractivity contribution in [2.24, 2.45) is 0 Å². The summed E-state index contributed by atoms with van der Waals surface area (Å²) in [6.45, 7) is 3.65. The first kappa shape index (κ1) is 14.6. The number of aryl methyl sites for hydroxylation is 1. The SMILES string of the molecule is Cc1cc(F)c(C(C)NCc2cccc(F)c2)cc1F. The molecule has 0 radical (unpaired) electrons. The van der Waals surface area contributed by atoms with Crippen LogP contribution in [-0.4, -0.2) is 0 Å². The van der Waals surface area contributed by atoms with Gasteiger partial charge in [0.15, 0.2) is 0 Å². The van der Waals surface area contributed by atoms with E-state index in [2.05, 4.69) is 5.32 Å². The lowest BCUT2D eigenvalue weighted by Gasteiger charge is -2.16. The van der Waals surface area contributed by atoms with Crippen LogP contribution in [0.15, 0.2) is 36.4 Å². The fourth-order valence-corrected chi connectivity index (χ4v) is 2.02. The Hall–Kier alpha value is -1.81. The van der Waals surface area contributed by atoms with E-state index in [0.29, 0.717) is 6.54 Å². The molecule has 0 saturated carbocycles. The van der Waals surface area contributed by atoms with Crippen molar-refractivity contribution in [2.45, 2.75) is 26.4 Å². The highest BCUT2D eigenvalue weighted by Gasteiger charge is 2.13. The standard InChI is InChI=1S/C16H16F3N/c1-10-6-16(19)14(8-15(10)18)11(2)20-9-12-4-3-5-13(17)7-12/h3-8,11,20H,9H2,1-2H3. The molecule has 0 aliphatic rings. The van der Waals surface area contributed by atoms with Crippen molar-refractivity contribution >= 4 is 0 Å². The normalized spacial score (nSPS) is 12.4. The summed E-state index contributed by atoms with van der Waals surface area (Å²) in [5.74, 6) is -1.19. The molecule has 2 aromatic rings. The average Bonchev–Trinajstić information content (AvgIpc) is 2.40. The van der Waals surface area contributed by atoms with Crippen LogP contribution in [0, 0.1) is 24.4 Å². The van der Waals surface area contributed by atoms with Gasteiger partial charge in [-0.05, 0) is 49.2 Å². The van der Waals surface area contributed by atoms with Gasteiger partial charge in [0.2, 0.25) is 0 Å². The summed E-state index contributed by atoms with van der Waals surface area (Å²) < 4.78 is 40.3. The van der Waals surface area contributed by atoms with Crippen molar-refractivity contribution in [1.82, 2.24) is 5.32 Å². The molecular formula is C16H16F3N. The summed E-state index contributed by atoms with van der Waals surface area (Å²) in [4.78, 5) is 0. The Bertz CT molecular complexity index is 611. The highest BCUT2D eigenvalue weighted by Crippen LogP contribution is 2.21. The zero-order valence-corrected chi connectivity index (χ0v) is 11.4. The summed E-state index contributed by atoms with van der Waals surface area (Å²) in [6.07, 6.45) is 0. The average molecular weight is 279 g/mol. The van der Waals surface area contributed by atoms with E-state index >= 15 is 0 Å². The van der Waals surface area contributed by atoms with Crippen LogP contribution in [0.1, 0.15) is 29.7 Å². The van der Waals surface area contributed by atoms with Gasteiger partial charge in [-0.25, -0.2) is 13.2 Å². The van der Waals surface area contributed by atoms with Gasteiger partial charge in [-0.3, -0.25) is 0 Å². The monoisotopic (exact) mass is 279 g/mol. The van der Waals surface area contributed by atoms with Crippen molar-refractivity contribution in [3.63, 3.8) is 0 Å². The van der Waals surface area contributed by atoms with Crippen LogP contribution in [0.2, 0.25) is 0 Å². The molecule has 2 rings (SSSR count). The Morgan fingerprint density at radius 3 is 2.50 bits per heavy atom. The molecular weight excluding hydrogens is 263 g/mol. The molecule has 0 heterocycles. The van der Waals surface area contributed by atoms with E-state index in [1.807, 2.05) is 0 Å². The lowest BCUT2D eigenvalue weighted by molar-refractivity contribution is 0.515. The molecule has 0 aromatic heterocycles. The Morgan fingerprint density at radius 1 is 1.05 bits per heavy atom. The third-order valence-corrected chi connectivity index (χ3v) is 3.25. The van der Waals surface area contributed by atoms with Gasteiger partial charge in [-0.2, -0.15) is 0 Å². The first-order valence-corrected chi connectivity index (χ1v) is 6.40. The Kier molecular flexibility index (Phi) is 4.45. The molecule has 1 nitrogen and oxygen atoms in total. The van der Waals surface area contributed by atoms with Crippen molar-refractivity contribution in [1.29, 1.82) is 0 Å². The van der Waals surface area contributed by atoms with Crippen LogP contribution in [-0.2, 0) is 6.54 Å². The zero-order chi connectivity index (χ0) is 14.7. The van der Waals surface area contributed by atoms with Gasteiger partial charge in [0.1, 0.15) is 17.5 Å². The molecule has 1 N–H and O–H groups in total. The molecule has 0 spiro atoms. The highest BCUT2D eigenvalue weighted by molar-refractivity contribution is 5.27. The number of nitrogens with one attached hydrogen (secondary N) is 1. The maximum Gasteiger partial charge on any atom is 0.128 e. The second-order valence-electron chi connectivity index (χ2n) is 4.86. The summed E-state index contributed by atoms with van der Waals surface area (Å²) in [6, 6.07) is 8.18. The van der Waals surface area contributed by atoms with Gasteiger partial charge in [-0.1, -0.05) is 12.1 Å². The van der Waals surface area contributed by atoms with E-state index in [1.54, 1.807) is 19.1 Å². The molecule has 1 unspecified atom stereocenters. The second-order valence-corrected chi connectivity index (χ2v) is 4.86. The zero-order valence-electron chi connectivity index (χ0n) is 11.4.